The Morgan fingerprint density at radius 2 is 1.94 bits per heavy atom. The van der Waals surface area contributed by atoms with Gasteiger partial charge in [-0.3, -0.25) is 0 Å². The van der Waals surface area contributed by atoms with E-state index in [4.69, 9.17) is 19.6 Å². The predicted molar refractivity (Wildman–Crippen MR) is 130 cm³/mol. The Morgan fingerprint density at radius 3 is 2.55 bits per heavy atom. The van der Waals surface area contributed by atoms with Crippen molar-refractivity contribution in [3.8, 4) is 5.75 Å². The SMILES string of the molecule is CC(C)(C)OC(=O)N1CC=C(c2c(F)c(N)nc3c2OCC3)C[C@@H](O[Si](C)(C)C(C)(C)C)C1. The minimum Gasteiger partial charge on any atom is -0.491 e. The molecule has 1 atom stereocenters. The number of nitrogens with zero attached hydrogens (tertiary/aromatic N) is 2. The van der Waals surface area contributed by atoms with Crippen LogP contribution in [0.25, 0.3) is 5.57 Å². The Morgan fingerprint density at radius 1 is 1.27 bits per heavy atom. The standard InChI is InChI=1S/C24H38FN3O4Si/c1-23(2,3)31-22(29)28-11-9-15(13-16(14-28)32-33(7,8)24(4,5)6)18-19(25)21(26)27-17-10-12-30-20(17)18/h9,16H,10-14H2,1-8H3,(H2,26,27)/t16-/m1/s1. The van der Waals surface area contributed by atoms with Crippen molar-refractivity contribution in [3.63, 3.8) is 0 Å². The lowest BCUT2D eigenvalue weighted by Gasteiger charge is -2.40. The van der Waals surface area contributed by atoms with Gasteiger partial charge in [0.2, 0.25) is 0 Å². The highest BCUT2D eigenvalue weighted by atomic mass is 28.4. The third-order valence-corrected chi connectivity index (χ3v) is 11.0. The summed E-state index contributed by atoms with van der Waals surface area (Å²) in [5.41, 5.74) is 7.00. The molecule has 2 aliphatic rings. The van der Waals surface area contributed by atoms with Crippen molar-refractivity contribution >= 4 is 25.8 Å². The Labute approximate surface area is 197 Å². The number of hydrogen-bond donors (Lipinski definition) is 1. The molecule has 184 valence electrons. The molecular formula is C24H38FN3O4Si. The summed E-state index contributed by atoms with van der Waals surface area (Å²) in [4.78, 5) is 18.7. The van der Waals surface area contributed by atoms with Gasteiger partial charge in [-0.15, -0.1) is 0 Å². The maximum absolute atomic E-state index is 15.3. The fourth-order valence-corrected chi connectivity index (χ4v) is 5.11. The lowest BCUT2D eigenvalue weighted by Crippen LogP contribution is -2.48. The quantitative estimate of drug-likeness (QED) is 0.603. The molecule has 0 spiro atoms. The van der Waals surface area contributed by atoms with Gasteiger partial charge >= 0.3 is 6.09 Å². The largest absolute Gasteiger partial charge is 0.491 e. The Kier molecular flexibility index (Phi) is 6.88. The minimum atomic E-state index is -2.17. The molecule has 0 saturated heterocycles. The number of nitrogen functional groups attached to an aromatic ring is 1. The molecule has 1 amide bonds. The van der Waals surface area contributed by atoms with E-state index in [1.807, 2.05) is 26.8 Å². The number of ether oxygens (including phenoxy) is 2. The Hall–Kier alpha value is -2.13. The number of rotatable bonds is 3. The molecule has 0 aromatic carbocycles. The first-order chi connectivity index (χ1) is 15.1. The number of amides is 1. The summed E-state index contributed by atoms with van der Waals surface area (Å²) in [6.07, 6.45) is 2.15. The third kappa shape index (κ3) is 5.69. The van der Waals surface area contributed by atoms with Crippen LogP contribution >= 0.6 is 0 Å². The highest BCUT2D eigenvalue weighted by Gasteiger charge is 2.41. The van der Waals surface area contributed by atoms with E-state index in [1.54, 1.807) is 4.90 Å². The number of carbonyl (C=O) groups excluding carboxylic acids is 1. The molecule has 0 unspecified atom stereocenters. The van der Waals surface area contributed by atoms with Crippen LogP contribution in [0.3, 0.4) is 0 Å². The van der Waals surface area contributed by atoms with E-state index < -0.39 is 25.8 Å². The fraction of sp³-hybridized carbons (Fsp3) is 0.667. The molecule has 9 heteroatoms. The summed E-state index contributed by atoms with van der Waals surface area (Å²) in [5.74, 6) is -0.270. The first-order valence-electron chi connectivity index (χ1n) is 11.5. The van der Waals surface area contributed by atoms with Crippen molar-refractivity contribution in [2.75, 3.05) is 25.4 Å². The van der Waals surface area contributed by atoms with Gasteiger partial charge in [0.15, 0.2) is 25.7 Å². The second-order valence-electron chi connectivity index (χ2n) is 11.4. The Bertz CT molecular complexity index is 950. The van der Waals surface area contributed by atoms with Crippen molar-refractivity contribution in [2.45, 2.75) is 84.2 Å². The predicted octanol–water partition coefficient (Wildman–Crippen LogP) is 5.15. The van der Waals surface area contributed by atoms with E-state index in [1.165, 1.54) is 0 Å². The van der Waals surface area contributed by atoms with Crippen LogP contribution in [0.4, 0.5) is 15.0 Å². The van der Waals surface area contributed by atoms with E-state index in [2.05, 4.69) is 38.8 Å². The van der Waals surface area contributed by atoms with Crippen molar-refractivity contribution in [1.82, 2.24) is 9.88 Å². The topological polar surface area (TPSA) is 86.9 Å². The molecule has 0 fully saturated rings. The highest BCUT2D eigenvalue weighted by molar-refractivity contribution is 6.74. The zero-order chi connectivity index (χ0) is 24.8. The van der Waals surface area contributed by atoms with Crippen molar-refractivity contribution in [1.29, 1.82) is 0 Å². The zero-order valence-corrected chi connectivity index (χ0v) is 22.2. The summed E-state index contributed by atoms with van der Waals surface area (Å²) in [6.45, 7) is 17.4. The monoisotopic (exact) mass is 479 g/mol. The van der Waals surface area contributed by atoms with Crippen LogP contribution < -0.4 is 10.5 Å². The minimum absolute atomic E-state index is 0.0172. The van der Waals surface area contributed by atoms with Gasteiger partial charge in [-0.2, -0.15) is 0 Å². The van der Waals surface area contributed by atoms with E-state index in [-0.39, 0.29) is 23.5 Å². The number of halogens is 1. The van der Waals surface area contributed by atoms with E-state index >= 15 is 4.39 Å². The maximum atomic E-state index is 15.3. The summed E-state index contributed by atoms with van der Waals surface area (Å²) < 4.78 is 33.3. The second-order valence-corrected chi connectivity index (χ2v) is 16.1. The number of anilines is 1. The number of nitrogens with two attached hydrogens (primary N) is 1. The van der Waals surface area contributed by atoms with Crippen molar-refractivity contribution in [3.05, 3.63) is 23.2 Å². The lowest BCUT2D eigenvalue weighted by molar-refractivity contribution is 0.0196. The number of hydrogen-bond acceptors (Lipinski definition) is 6. The summed E-state index contributed by atoms with van der Waals surface area (Å²) in [7, 11) is -2.17. The van der Waals surface area contributed by atoms with Gasteiger partial charge in [-0.05, 0) is 50.9 Å². The molecule has 0 aliphatic carbocycles. The molecule has 0 radical (unpaired) electrons. The van der Waals surface area contributed by atoms with Gasteiger partial charge in [0.05, 0.1) is 24.0 Å². The number of pyridine rings is 1. The van der Waals surface area contributed by atoms with Gasteiger partial charge < -0.3 is 24.5 Å². The zero-order valence-electron chi connectivity index (χ0n) is 21.2. The normalized spacial score (nSPS) is 19.5. The van der Waals surface area contributed by atoms with Crippen LogP contribution in [-0.2, 0) is 15.6 Å². The highest BCUT2D eigenvalue weighted by Crippen LogP contribution is 2.42. The van der Waals surface area contributed by atoms with E-state index in [0.29, 0.717) is 43.0 Å². The molecule has 33 heavy (non-hydrogen) atoms. The summed E-state index contributed by atoms with van der Waals surface area (Å²) in [6, 6.07) is 0. The Balaban J connectivity index is 2.01. The first kappa shape index (κ1) is 25.5. The number of aromatic nitrogens is 1. The molecule has 0 saturated carbocycles. The first-order valence-corrected chi connectivity index (χ1v) is 14.5. The van der Waals surface area contributed by atoms with Crippen LogP contribution in [0.1, 0.15) is 59.2 Å². The molecule has 2 N–H and O–H groups in total. The molecule has 1 aromatic heterocycles. The molecule has 2 aliphatic heterocycles. The maximum Gasteiger partial charge on any atom is 0.410 e. The average molecular weight is 480 g/mol. The molecule has 0 bridgehead atoms. The molecule has 1 aromatic rings. The van der Waals surface area contributed by atoms with Crippen LogP contribution in [0.15, 0.2) is 6.08 Å². The fourth-order valence-electron chi connectivity index (χ4n) is 3.76. The van der Waals surface area contributed by atoms with Crippen molar-refractivity contribution < 1.29 is 23.1 Å². The van der Waals surface area contributed by atoms with E-state index in [0.717, 1.165) is 5.57 Å². The van der Waals surface area contributed by atoms with Gasteiger partial charge in [-0.25, -0.2) is 14.2 Å². The smallest absolute Gasteiger partial charge is 0.410 e. The third-order valence-electron chi connectivity index (χ3n) is 6.44. The summed E-state index contributed by atoms with van der Waals surface area (Å²) >= 11 is 0. The van der Waals surface area contributed by atoms with Gasteiger partial charge in [-0.1, -0.05) is 26.8 Å². The van der Waals surface area contributed by atoms with E-state index in [9.17, 15) is 4.79 Å². The van der Waals surface area contributed by atoms with Crippen LogP contribution in [-0.4, -0.2) is 55.7 Å². The molecule has 3 heterocycles. The molecular weight excluding hydrogens is 441 g/mol. The van der Waals surface area contributed by atoms with Gasteiger partial charge in [0.1, 0.15) is 5.60 Å². The molecule has 3 rings (SSSR count). The second kappa shape index (κ2) is 8.90. The van der Waals surface area contributed by atoms with Gasteiger partial charge in [0, 0.05) is 19.5 Å². The summed E-state index contributed by atoms with van der Waals surface area (Å²) in [5, 5.41) is -0.0172. The number of fused-ring (bicyclic) bond motifs is 1. The number of carbonyl (C=O) groups is 1. The van der Waals surface area contributed by atoms with Crippen molar-refractivity contribution in [2.24, 2.45) is 0 Å². The van der Waals surface area contributed by atoms with Crippen LogP contribution in [0, 0.1) is 5.82 Å². The van der Waals surface area contributed by atoms with Crippen LogP contribution in [0.5, 0.6) is 5.75 Å². The van der Waals surface area contributed by atoms with Crippen LogP contribution in [0.2, 0.25) is 18.1 Å². The lowest BCUT2D eigenvalue weighted by atomic mass is 9.98. The van der Waals surface area contributed by atoms with Gasteiger partial charge in [0.25, 0.3) is 0 Å². The average Bonchev–Trinajstić information content (AvgIpc) is 2.99. The molecule has 7 nitrogen and oxygen atoms in total.